The zero-order chi connectivity index (χ0) is 22.1. The maximum atomic E-state index is 6.13. The van der Waals surface area contributed by atoms with Crippen LogP contribution < -0.4 is 15.8 Å². The Kier molecular flexibility index (Phi) is 6.01. The zero-order valence-corrected chi connectivity index (χ0v) is 19.3. The summed E-state index contributed by atoms with van der Waals surface area (Å²) in [5.74, 6) is 1.74. The van der Waals surface area contributed by atoms with E-state index < -0.39 is 0 Å². The number of nitrogens with two attached hydrogens (primary N) is 1. The van der Waals surface area contributed by atoms with Gasteiger partial charge in [0.2, 0.25) is 17.2 Å². The lowest BCUT2D eigenvalue weighted by Gasteiger charge is -2.15. The van der Waals surface area contributed by atoms with Crippen LogP contribution in [0, 0.1) is 0 Å². The predicted molar refractivity (Wildman–Crippen MR) is 128 cm³/mol. The van der Waals surface area contributed by atoms with Crippen molar-refractivity contribution in [2.75, 3.05) is 37.3 Å². The molecular formula is C20H20Cl2N8OS. The first-order valence-electron chi connectivity index (χ1n) is 10.1. The van der Waals surface area contributed by atoms with Crippen molar-refractivity contribution in [2.45, 2.75) is 12.8 Å². The van der Waals surface area contributed by atoms with Crippen LogP contribution in [0.15, 0.2) is 30.3 Å². The molecule has 0 atom stereocenters. The maximum absolute atomic E-state index is 6.13. The van der Waals surface area contributed by atoms with Crippen LogP contribution >= 0.6 is 34.5 Å². The fraction of sp³-hybridized carbons (Fsp3) is 0.300. The van der Waals surface area contributed by atoms with Crippen molar-refractivity contribution in [2.24, 2.45) is 0 Å². The van der Waals surface area contributed by atoms with Crippen LogP contribution in [0.2, 0.25) is 9.62 Å². The molecule has 0 aliphatic carbocycles. The van der Waals surface area contributed by atoms with E-state index in [0.29, 0.717) is 28.2 Å². The Morgan fingerprint density at radius 1 is 1.09 bits per heavy atom. The van der Waals surface area contributed by atoms with Gasteiger partial charge in [-0.25, -0.2) is 4.98 Å². The first-order chi connectivity index (χ1) is 15.5. The Morgan fingerprint density at radius 3 is 2.66 bits per heavy atom. The third-order valence-electron chi connectivity index (χ3n) is 5.11. The van der Waals surface area contributed by atoms with E-state index in [1.807, 2.05) is 24.3 Å². The Morgan fingerprint density at radius 2 is 1.88 bits per heavy atom. The second-order valence-corrected chi connectivity index (χ2v) is 9.35. The van der Waals surface area contributed by atoms with E-state index in [0.717, 1.165) is 22.7 Å². The number of nitrogen functional groups attached to an aromatic ring is 1. The van der Waals surface area contributed by atoms with Gasteiger partial charge in [-0.05, 0) is 67.9 Å². The lowest BCUT2D eigenvalue weighted by molar-refractivity contribution is 0.238. The molecule has 1 aromatic carbocycles. The van der Waals surface area contributed by atoms with E-state index in [-0.39, 0.29) is 11.2 Å². The van der Waals surface area contributed by atoms with Crippen molar-refractivity contribution in [3.8, 4) is 11.6 Å². The molecule has 0 radical (unpaired) electrons. The summed E-state index contributed by atoms with van der Waals surface area (Å²) in [6.45, 7) is 3.97. The van der Waals surface area contributed by atoms with Crippen molar-refractivity contribution < 1.29 is 4.74 Å². The number of likely N-dealkylation sites (tertiary alicyclic amines) is 1. The molecule has 1 fully saturated rings. The first-order valence-corrected chi connectivity index (χ1v) is 11.7. The smallest absolute Gasteiger partial charge is 0.248 e. The highest BCUT2D eigenvalue weighted by Crippen LogP contribution is 2.33. The van der Waals surface area contributed by atoms with Crippen LogP contribution in [0.1, 0.15) is 12.8 Å². The van der Waals surface area contributed by atoms with Crippen molar-refractivity contribution >= 4 is 62.3 Å². The highest BCUT2D eigenvalue weighted by Gasteiger charge is 2.17. The van der Waals surface area contributed by atoms with Crippen molar-refractivity contribution in [3.63, 3.8) is 0 Å². The molecule has 5 rings (SSSR count). The molecule has 0 amide bonds. The fourth-order valence-corrected chi connectivity index (χ4v) is 4.90. The third kappa shape index (κ3) is 4.58. The molecule has 0 saturated carbocycles. The number of nitrogens with one attached hydrogen (secondary N) is 1. The lowest BCUT2D eigenvalue weighted by atomic mass is 10.3. The number of hydrogen-bond acceptors (Lipinski definition) is 9. The number of thiophene rings is 1. The molecule has 12 heteroatoms. The van der Waals surface area contributed by atoms with Gasteiger partial charge in [0.25, 0.3) is 0 Å². The molecule has 0 bridgehead atoms. The molecule has 3 N–H and O–H groups in total. The molecule has 4 aromatic rings. The van der Waals surface area contributed by atoms with E-state index in [1.54, 1.807) is 6.07 Å². The SMILES string of the molecule is Nc1nc(Nc2ccc(OCCN3CCCC3)cc2)nn1-c1nc(Cl)nc2cc(Cl)sc12. The average molecular weight is 491 g/mol. The van der Waals surface area contributed by atoms with Crippen molar-refractivity contribution in [3.05, 3.63) is 40.0 Å². The maximum Gasteiger partial charge on any atom is 0.248 e. The number of halogens is 2. The quantitative estimate of drug-likeness (QED) is 0.367. The summed E-state index contributed by atoms with van der Waals surface area (Å²) in [5, 5.41) is 7.66. The van der Waals surface area contributed by atoms with Gasteiger partial charge >= 0.3 is 0 Å². The highest BCUT2D eigenvalue weighted by molar-refractivity contribution is 7.23. The summed E-state index contributed by atoms with van der Waals surface area (Å²) < 4.78 is 8.55. The Bertz CT molecular complexity index is 1240. The Labute approximate surface area is 198 Å². The van der Waals surface area contributed by atoms with E-state index in [1.165, 1.54) is 41.9 Å². The standard InChI is InChI=1S/C20H20Cl2N8OS/c21-15-11-14-16(32-15)17(26-18(22)25-14)30-19(23)27-20(28-30)24-12-3-5-13(6-4-12)31-10-9-29-7-1-2-8-29/h3-6,11H,1-2,7-10H2,(H3,23,24,27,28). The molecule has 1 aliphatic heterocycles. The minimum absolute atomic E-state index is 0.0756. The largest absolute Gasteiger partial charge is 0.492 e. The Hall–Kier alpha value is -2.66. The number of ether oxygens (including phenoxy) is 1. The highest BCUT2D eigenvalue weighted by atomic mass is 35.5. The number of anilines is 3. The van der Waals surface area contributed by atoms with Crippen molar-refractivity contribution in [1.29, 1.82) is 0 Å². The molecule has 0 unspecified atom stereocenters. The van der Waals surface area contributed by atoms with Gasteiger partial charge < -0.3 is 15.8 Å². The van der Waals surface area contributed by atoms with E-state index in [9.17, 15) is 0 Å². The van der Waals surface area contributed by atoms with Crippen LogP contribution in [0.4, 0.5) is 17.6 Å². The molecule has 9 nitrogen and oxygen atoms in total. The summed E-state index contributed by atoms with van der Waals surface area (Å²) in [6.07, 6.45) is 2.57. The van der Waals surface area contributed by atoms with Crippen LogP contribution in [0.5, 0.6) is 5.75 Å². The summed E-state index contributed by atoms with van der Waals surface area (Å²) in [5.41, 5.74) is 7.53. The van der Waals surface area contributed by atoms with Gasteiger partial charge in [0.05, 0.1) is 14.6 Å². The molecule has 32 heavy (non-hydrogen) atoms. The number of nitrogens with zero attached hydrogens (tertiary/aromatic N) is 6. The van der Waals surface area contributed by atoms with Gasteiger partial charge in [0.1, 0.15) is 12.4 Å². The van der Waals surface area contributed by atoms with E-state index >= 15 is 0 Å². The topological polar surface area (TPSA) is 107 Å². The average Bonchev–Trinajstić information content (AvgIpc) is 3.49. The summed E-state index contributed by atoms with van der Waals surface area (Å²) in [7, 11) is 0. The van der Waals surface area contributed by atoms with Gasteiger partial charge in [-0.3, -0.25) is 4.90 Å². The minimum atomic E-state index is 0.0756. The second kappa shape index (κ2) is 9.07. The monoisotopic (exact) mass is 490 g/mol. The van der Waals surface area contributed by atoms with Crippen LogP contribution in [-0.4, -0.2) is 55.9 Å². The minimum Gasteiger partial charge on any atom is -0.492 e. The summed E-state index contributed by atoms with van der Waals surface area (Å²) in [6, 6.07) is 9.35. The lowest BCUT2D eigenvalue weighted by Crippen LogP contribution is -2.25. The molecule has 3 aromatic heterocycles. The molecule has 4 heterocycles. The number of rotatable bonds is 7. The Balaban J connectivity index is 1.28. The number of hydrogen-bond donors (Lipinski definition) is 2. The molecule has 1 saturated heterocycles. The number of fused-ring (bicyclic) bond motifs is 1. The summed E-state index contributed by atoms with van der Waals surface area (Å²) in [4.78, 5) is 15.2. The number of aromatic nitrogens is 5. The summed E-state index contributed by atoms with van der Waals surface area (Å²) >= 11 is 13.5. The van der Waals surface area contributed by atoms with Crippen LogP contribution in [0.25, 0.3) is 16.0 Å². The van der Waals surface area contributed by atoms with E-state index in [4.69, 9.17) is 33.7 Å². The molecular weight excluding hydrogens is 471 g/mol. The van der Waals surface area contributed by atoms with Crippen LogP contribution in [-0.2, 0) is 0 Å². The zero-order valence-electron chi connectivity index (χ0n) is 17.0. The van der Waals surface area contributed by atoms with Gasteiger partial charge in [0.15, 0.2) is 5.82 Å². The van der Waals surface area contributed by atoms with Gasteiger partial charge in [0, 0.05) is 12.2 Å². The molecule has 166 valence electrons. The number of benzene rings is 1. The van der Waals surface area contributed by atoms with Crippen LogP contribution in [0.3, 0.4) is 0 Å². The third-order valence-corrected chi connectivity index (χ3v) is 6.53. The molecule has 0 spiro atoms. The second-order valence-electron chi connectivity index (χ2n) is 7.33. The first kappa shape index (κ1) is 21.2. The molecule has 1 aliphatic rings. The predicted octanol–water partition coefficient (Wildman–Crippen LogP) is 4.38. The van der Waals surface area contributed by atoms with Gasteiger partial charge in [-0.15, -0.1) is 16.4 Å². The van der Waals surface area contributed by atoms with E-state index in [2.05, 4.69) is 30.3 Å². The van der Waals surface area contributed by atoms with Gasteiger partial charge in [-0.2, -0.15) is 14.6 Å². The van der Waals surface area contributed by atoms with Gasteiger partial charge in [-0.1, -0.05) is 11.6 Å². The fourth-order valence-electron chi connectivity index (χ4n) is 3.60. The van der Waals surface area contributed by atoms with Crippen molar-refractivity contribution in [1.82, 2.24) is 29.6 Å². The normalized spacial score (nSPS) is 14.3.